The molecule has 2 unspecified atom stereocenters. The van der Waals surface area contributed by atoms with E-state index < -0.39 is 0 Å². The monoisotopic (exact) mass is 179 g/mol. The highest BCUT2D eigenvalue weighted by molar-refractivity contribution is 5.95. The van der Waals surface area contributed by atoms with Crippen molar-refractivity contribution in [3.05, 3.63) is 24.2 Å². The van der Waals surface area contributed by atoms with Crippen molar-refractivity contribution in [3.8, 4) is 0 Å². The molecule has 0 radical (unpaired) electrons. The molecule has 1 aliphatic carbocycles. The summed E-state index contributed by atoms with van der Waals surface area (Å²) in [6.45, 7) is 0. The first-order chi connectivity index (χ1) is 6.27. The van der Waals surface area contributed by atoms with Gasteiger partial charge in [-0.1, -0.05) is 0 Å². The lowest BCUT2D eigenvalue weighted by molar-refractivity contribution is 0.0893. The molecule has 1 fully saturated rings. The number of ketones is 1. The molecular formula is C10H13NO2. The Labute approximate surface area is 76.9 Å². The first-order valence-electron chi connectivity index (χ1n) is 4.60. The van der Waals surface area contributed by atoms with Gasteiger partial charge in [0.15, 0.2) is 5.76 Å². The molecule has 1 saturated carbocycles. The van der Waals surface area contributed by atoms with Crippen molar-refractivity contribution in [2.24, 2.45) is 11.7 Å². The number of rotatable bonds is 2. The van der Waals surface area contributed by atoms with Gasteiger partial charge in [0.25, 0.3) is 0 Å². The number of carbonyl (C=O) groups is 1. The van der Waals surface area contributed by atoms with Crippen molar-refractivity contribution in [2.45, 2.75) is 25.3 Å². The van der Waals surface area contributed by atoms with Gasteiger partial charge in [-0.25, -0.2) is 0 Å². The van der Waals surface area contributed by atoms with Gasteiger partial charge in [-0.05, 0) is 31.4 Å². The fraction of sp³-hybridized carbons (Fsp3) is 0.500. The highest BCUT2D eigenvalue weighted by Gasteiger charge is 2.29. The molecule has 2 N–H and O–H groups in total. The average Bonchev–Trinajstić information content (AvgIpc) is 2.72. The van der Waals surface area contributed by atoms with E-state index in [9.17, 15) is 4.79 Å². The van der Waals surface area contributed by atoms with Gasteiger partial charge in [-0.3, -0.25) is 4.79 Å². The summed E-state index contributed by atoms with van der Waals surface area (Å²) in [5, 5.41) is 0. The molecule has 1 heterocycles. The normalized spacial score (nSPS) is 27.8. The van der Waals surface area contributed by atoms with Crippen LogP contribution in [-0.4, -0.2) is 11.8 Å². The molecule has 0 aromatic carbocycles. The van der Waals surface area contributed by atoms with Crippen LogP contribution in [0.3, 0.4) is 0 Å². The van der Waals surface area contributed by atoms with E-state index in [0.717, 1.165) is 19.3 Å². The highest BCUT2D eigenvalue weighted by Crippen LogP contribution is 2.27. The summed E-state index contributed by atoms with van der Waals surface area (Å²) in [6.07, 6.45) is 4.19. The SMILES string of the molecule is NC1CCC(C(=O)c2ccco2)C1. The Bertz CT molecular complexity index is 292. The maximum atomic E-state index is 11.7. The number of Topliss-reactive ketones (excluding diaryl/α,β-unsaturated/α-hetero) is 1. The van der Waals surface area contributed by atoms with Crippen LogP contribution in [0.4, 0.5) is 0 Å². The zero-order chi connectivity index (χ0) is 9.26. The third-order valence-corrected chi connectivity index (χ3v) is 2.61. The van der Waals surface area contributed by atoms with Gasteiger partial charge in [0, 0.05) is 12.0 Å². The molecule has 1 aliphatic rings. The molecule has 13 heavy (non-hydrogen) atoms. The molecule has 0 aliphatic heterocycles. The minimum atomic E-state index is 0.0844. The highest BCUT2D eigenvalue weighted by atomic mass is 16.3. The fourth-order valence-corrected chi connectivity index (χ4v) is 1.87. The molecular weight excluding hydrogens is 166 g/mol. The van der Waals surface area contributed by atoms with Crippen molar-refractivity contribution in [1.29, 1.82) is 0 Å². The minimum Gasteiger partial charge on any atom is -0.461 e. The Morgan fingerprint density at radius 2 is 2.38 bits per heavy atom. The van der Waals surface area contributed by atoms with Crippen molar-refractivity contribution in [1.82, 2.24) is 0 Å². The summed E-state index contributed by atoms with van der Waals surface area (Å²) in [5.74, 6) is 0.665. The number of carbonyl (C=O) groups excluding carboxylic acids is 1. The van der Waals surface area contributed by atoms with E-state index in [-0.39, 0.29) is 17.7 Å². The number of furan rings is 1. The van der Waals surface area contributed by atoms with Crippen LogP contribution in [0.25, 0.3) is 0 Å². The van der Waals surface area contributed by atoms with Crippen LogP contribution in [0.5, 0.6) is 0 Å². The summed E-state index contributed by atoms with van der Waals surface area (Å²) in [4.78, 5) is 11.7. The molecule has 0 amide bonds. The average molecular weight is 179 g/mol. The lowest BCUT2D eigenvalue weighted by Crippen LogP contribution is -2.17. The molecule has 0 bridgehead atoms. The van der Waals surface area contributed by atoms with Gasteiger partial charge in [0.05, 0.1) is 6.26 Å². The van der Waals surface area contributed by atoms with Crippen LogP contribution < -0.4 is 5.73 Å². The summed E-state index contributed by atoms with van der Waals surface area (Å²) in [6, 6.07) is 3.65. The number of hydrogen-bond acceptors (Lipinski definition) is 3. The first-order valence-corrected chi connectivity index (χ1v) is 4.60. The van der Waals surface area contributed by atoms with Crippen LogP contribution in [0, 0.1) is 5.92 Å². The van der Waals surface area contributed by atoms with Crippen molar-refractivity contribution in [2.75, 3.05) is 0 Å². The largest absolute Gasteiger partial charge is 0.461 e. The molecule has 2 atom stereocenters. The van der Waals surface area contributed by atoms with Crippen molar-refractivity contribution >= 4 is 5.78 Å². The maximum Gasteiger partial charge on any atom is 0.201 e. The molecule has 70 valence electrons. The Balaban J connectivity index is 2.06. The molecule has 0 spiro atoms. The Hall–Kier alpha value is -1.09. The van der Waals surface area contributed by atoms with E-state index in [1.165, 1.54) is 6.26 Å². The lowest BCUT2D eigenvalue weighted by atomic mass is 10.0. The van der Waals surface area contributed by atoms with Crippen LogP contribution in [-0.2, 0) is 0 Å². The number of nitrogens with two attached hydrogens (primary N) is 1. The maximum absolute atomic E-state index is 11.7. The van der Waals surface area contributed by atoms with Gasteiger partial charge < -0.3 is 10.2 Å². The van der Waals surface area contributed by atoms with E-state index in [1.807, 2.05) is 0 Å². The van der Waals surface area contributed by atoms with E-state index >= 15 is 0 Å². The Morgan fingerprint density at radius 3 is 2.92 bits per heavy atom. The molecule has 1 aromatic heterocycles. The second-order valence-electron chi connectivity index (χ2n) is 3.61. The van der Waals surface area contributed by atoms with Gasteiger partial charge >= 0.3 is 0 Å². The molecule has 1 aromatic rings. The molecule has 0 saturated heterocycles. The first kappa shape index (κ1) is 8.51. The fourth-order valence-electron chi connectivity index (χ4n) is 1.87. The van der Waals surface area contributed by atoms with Gasteiger partial charge in [0.1, 0.15) is 0 Å². The van der Waals surface area contributed by atoms with Crippen LogP contribution in [0.2, 0.25) is 0 Å². The van der Waals surface area contributed by atoms with Crippen LogP contribution >= 0.6 is 0 Å². The van der Waals surface area contributed by atoms with Gasteiger partial charge in [0.2, 0.25) is 5.78 Å². The third-order valence-electron chi connectivity index (χ3n) is 2.61. The minimum absolute atomic E-state index is 0.0844. The predicted octanol–water partition coefficient (Wildman–Crippen LogP) is 1.59. The molecule has 3 nitrogen and oxygen atoms in total. The zero-order valence-corrected chi connectivity index (χ0v) is 7.40. The predicted molar refractivity (Wildman–Crippen MR) is 48.4 cm³/mol. The Morgan fingerprint density at radius 1 is 1.54 bits per heavy atom. The van der Waals surface area contributed by atoms with Gasteiger partial charge in [-0.15, -0.1) is 0 Å². The standard InChI is InChI=1S/C10H13NO2/c11-8-4-3-7(6-8)10(12)9-2-1-5-13-9/h1-2,5,7-8H,3-4,6,11H2. The van der Waals surface area contributed by atoms with Crippen molar-refractivity contribution < 1.29 is 9.21 Å². The number of hydrogen-bond donors (Lipinski definition) is 1. The quantitative estimate of drug-likeness (QED) is 0.701. The van der Waals surface area contributed by atoms with Crippen molar-refractivity contribution in [3.63, 3.8) is 0 Å². The summed E-state index contributed by atoms with van der Waals surface area (Å²) in [7, 11) is 0. The van der Waals surface area contributed by atoms with Crippen LogP contribution in [0.1, 0.15) is 29.8 Å². The summed E-state index contributed by atoms with van der Waals surface area (Å²) >= 11 is 0. The molecule has 3 heteroatoms. The smallest absolute Gasteiger partial charge is 0.201 e. The summed E-state index contributed by atoms with van der Waals surface area (Å²) in [5.41, 5.74) is 5.73. The molecule has 2 rings (SSSR count). The van der Waals surface area contributed by atoms with E-state index in [0.29, 0.717) is 5.76 Å². The third kappa shape index (κ3) is 1.65. The van der Waals surface area contributed by atoms with E-state index in [2.05, 4.69) is 0 Å². The Kier molecular flexibility index (Phi) is 2.19. The van der Waals surface area contributed by atoms with E-state index in [4.69, 9.17) is 10.2 Å². The topological polar surface area (TPSA) is 56.2 Å². The van der Waals surface area contributed by atoms with Crippen LogP contribution in [0.15, 0.2) is 22.8 Å². The van der Waals surface area contributed by atoms with E-state index in [1.54, 1.807) is 12.1 Å². The summed E-state index contributed by atoms with van der Waals surface area (Å²) < 4.78 is 5.05. The second kappa shape index (κ2) is 3.34. The van der Waals surface area contributed by atoms with Gasteiger partial charge in [-0.2, -0.15) is 0 Å². The zero-order valence-electron chi connectivity index (χ0n) is 7.40. The second-order valence-corrected chi connectivity index (χ2v) is 3.61. The lowest BCUT2D eigenvalue weighted by Gasteiger charge is -2.04.